The highest BCUT2D eigenvalue weighted by atomic mass is 16.1. The average molecular weight is 440 g/mol. The molecule has 3 heterocycles. The summed E-state index contributed by atoms with van der Waals surface area (Å²) in [6.07, 6.45) is 8.69. The molecule has 0 saturated carbocycles. The van der Waals surface area contributed by atoms with Gasteiger partial charge in [0.15, 0.2) is 0 Å². The molecule has 3 aromatic rings. The lowest BCUT2D eigenvalue weighted by atomic mass is 9.90. The number of benzene rings is 1. The zero-order valence-corrected chi connectivity index (χ0v) is 18.8. The van der Waals surface area contributed by atoms with Crippen molar-refractivity contribution in [1.29, 1.82) is 0 Å². The Hall–Kier alpha value is -3.38. The molecule has 1 aliphatic heterocycles. The maximum atomic E-state index is 12.3. The summed E-state index contributed by atoms with van der Waals surface area (Å²) in [6.45, 7) is 2.31. The third kappa shape index (κ3) is 5.01. The predicted molar refractivity (Wildman–Crippen MR) is 130 cm³/mol. The number of fused-ring (bicyclic) bond motifs is 2. The molecule has 168 valence electrons. The molecule has 0 bridgehead atoms. The van der Waals surface area contributed by atoms with E-state index in [1.807, 2.05) is 24.4 Å². The zero-order valence-electron chi connectivity index (χ0n) is 18.8. The molecule has 2 aromatic heterocycles. The summed E-state index contributed by atoms with van der Waals surface area (Å²) in [4.78, 5) is 28.7. The molecule has 0 fully saturated rings. The first kappa shape index (κ1) is 21.5. The molecule has 1 aliphatic carbocycles. The van der Waals surface area contributed by atoms with Crippen LogP contribution in [0.5, 0.6) is 0 Å². The number of para-hydroxylation sites is 1. The Bertz CT molecular complexity index is 1140. The molecule has 0 radical (unpaired) electrons. The number of hydrogen-bond donors (Lipinski definition) is 1. The van der Waals surface area contributed by atoms with Crippen LogP contribution >= 0.6 is 0 Å². The van der Waals surface area contributed by atoms with E-state index < -0.39 is 0 Å². The first-order chi connectivity index (χ1) is 16.3. The van der Waals surface area contributed by atoms with E-state index in [9.17, 15) is 4.79 Å². The molecular formula is C27H29N5O. The summed E-state index contributed by atoms with van der Waals surface area (Å²) in [7, 11) is 0. The minimum absolute atomic E-state index is 0.123. The van der Waals surface area contributed by atoms with Crippen molar-refractivity contribution in [3.8, 4) is 0 Å². The Labute approximate surface area is 194 Å². The van der Waals surface area contributed by atoms with E-state index in [1.165, 1.54) is 29.0 Å². The highest BCUT2D eigenvalue weighted by molar-refractivity contribution is 5.95. The van der Waals surface area contributed by atoms with Crippen LogP contribution in [-0.4, -0.2) is 46.1 Å². The zero-order chi connectivity index (χ0) is 22.5. The van der Waals surface area contributed by atoms with Gasteiger partial charge < -0.3 is 5.32 Å². The second-order valence-electron chi connectivity index (χ2n) is 8.73. The number of hydrogen-bond acceptors (Lipinski definition) is 5. The second-order valence-corrected chi connectivity index (χ2v) is 8.73. The molecule has 1 N–H and O–H groups in total. The molecule has 0 spiro atoms. The Kier molecular flexibility index (Phi) is 6.53. The maximum Gasteiger partial charge on any atom is 0.269 e. The van der Waals surface area contributed by atoms with Gasteiger partial charge in [0.1, 0.15) is 5.69 Å². The monoisotopic (exact) mass is 439 g/mol. The van der Waals surface area contributed by atoms with Gasteiger partial charge in [-0.25, -0.2) is 0 Å². The summed E-state index contributed by atoms with van der Waals surface area (Å²) in [6, 6.07) is 18.3. The van der Waals surface area contributed by atoms with Crippen molar-refractivity contribution in [3.05, 3.63) is 89.5 Å². The van der Waals surface area contributed by atoms with Gasteiger partial charge in [0, 0.05) is 44.2 Å². The van der Waals surface area contributed by atoms with E-state index in [4.69, 9.17) is 9.98 Å². The lowest BCUT2D eigenvalue weighted by Gasteiger charge is -2.35. The molecular weight excluding hydrogens is 410 g/mol. The van der Waals surface area contributed by atoms with Gasteiger partial charge in [-0.3, -0.25) is 24.7 Å². The topological polar surface area (TPSA) is 70.5 Å². The van der Waals surface area contributed by atoms with Crippen molar-refractivity contribution < 1.29 is 4.79 Å². The normalized spacial score (nSPS) is 16.8. The fraction of sp³-hybridized carbons (Fsp3) is 0.333. The van der Waals surface area contributed by atoms with Crippen LogP contribution in [0.15, 0.2) is 72.0 Å². The van der Waals surface area contributed by atoms with Gasteiger partial charge in [0.2, 0.25) is 0 Å². The number of amides is 1. The minimum Gasteiger partial charge on any atom is -0.351 e. The quantitative estimate of drug-likeness (QED) is 0.531. The van der Waals surface area contributed by atoms with Gasteiger partial charge in [-0.05, 0) is 61.1 Å². The van der Waals surface area contributed by atoms with Gasteiger partial charge in [0.25, 0.3) is 5.91 Å². The van der Waals surface area contributed by atoms with Crippen LogP contribution in [0.4, 0.5) is 5.69 Å². The third-order valence-electron chi connectivity index (χ3n) is 6.46. The smallest absolute Gasteiger partial charge is 0.269 e. The van der Waals surface area contributed by atoms with Crippen LogP contribution in [0.25, 0.3) is 0 Å². The Balaban J connectivity index is 1.27. The van der Waals surface area contributed by atoms with E-state index in [1.54, 1.807) is 12.3 Å². The summed E-state index contributed by atoms with van der Waals surface area (Å²) in [5.41, 5.74) is 6.63. The lowest BCUT2D eigenvalue weighted by Crippen LogP contribution is -2.38. The van der Waals surface area contributed by atoms with Crippen LogP contribution in [-0.2, 0) is 12.8 Å². The van der Waals surface area contributed by atoms with Crippen LogP contribution in [0.3, 0.4) is 0 Å². The van der Waals surface area contributed by atoms with Gasteiger partial charge >= 0.3 is 0 Å². The summed E-state index contributed by atoms with van der Waals surface area (Å²) in [5, 5.41) is 3.01. The van der Waals surface area contributed by atoms with Crippen molar-refractivity contribution in [3.63, 3.8) is 0 Å². The number of aromatic nitrogens is 2. The number of nitrogens with zero attached hydrogens (tertiary/aromatic N) is 4. The largest absolute Gasteiger partial charge is 0.351 e. The third-order valence-corrected chi connectivity index (χ3v) is 6.46. The highest BCUT2D eigenvalue weighted by Gasteiger charge is 2.28. The number of nitrogens with one attached hydrogen (secondary N) is 1. The van der Waals surface area contributed by atoms with E-state index in [2.05, 4.69) is 45.5 Å². The Morgan fingerprint density at radius 3 is 2.73 bits per heavy atom. The molecule has 1 atom stereocenters. The van der Waals surface area contributed by atoms with Crippen molar-refractivity contribution in [2.24, 2.45) is 4.99 Å². The first-order valence-electron chi connectivity index (χ1n) is 11.8. The van der Waals surface area contributed by atoms with Gasteiger partial charge in [-0.1, -0.05) is 30.3 Å². The van der Waals surface area contributed by atoms with Crippen molar-refractivity contribution in [1.82, 2.24) is 20.2 Å². The number of rotatable bonds is 8. The Morgan fingerprint density at radius 2 is 1.85 bits per heavy atom. The van der Waals surface area contributed by atoms with Crippen molar-refractivity contribution in [2.45, 2.75) is 38.1 Å². The highest BCUT2D eigenvalue weighted by Crippen LogP contribution is 2.34. The Morgan fingerprint density at radius 1 is 1.00 bits per heavy atom. The number of aryl methyl sites for hydroxylation is 1. The van der Waals surface area contributed by atoms with Crippen LogP contribution in [0.2, 0.25) is 0 Å². The summed E-state index contributed by atoms with van der Waals surface area (Å²) in [5.74, 6) is -0.123. The van der Waals surface area contributed by atoms with Crippen molar-refractivity contribution in [2.75, 3.05) is 19.6 Å². The number of pyridine rings is 2. The standard InChI is InChI=1S/C27H29N5O/c33-27(24-12-3-4-14-28-24)30-16-7-17-32(19-22-18-21-8-1-2-11-23(21)31-22)25-13-5-9-20-10-6-15-29-26(20)25/h1-4,6,8,10-12,14-15,25H,5,7,9,13,16-19H2,(H,30,33). The molecule has 6 nitrogen and oxygen atoms in total. The number of aliphatic imine (C=N–C) groups is 1. The van der Waals surface area contributed by atoms with E-state index in [0.717, 1.165) is 44.5 Å². The molecule has 33 heavy (non-hydrogen) atoms. The minimum atomic E-state index is -0.123. The molecule has 2 aliphatic rings. The van der Waals surface area contributed by atoms with Gasteiger partial charge in [-0.2, -0.15) is 0 Å². The SMILES string of the molecule is O=C(NCCCN(CC1=Nc2ccccc2C1)C1CCCc2cccnc21)c1ccccn1. The van der Waals surface area contributed by atoms with Crippen molar-refractivity contribution >= 4 is 17.3 Å². The predicted octanol–water partition coefficient (Wildman–Crippen LogP) is 4.30. The van der Waals surface area contributed by atoms with E-state index in [0.29, 0.717) is 12.2 Å². The van der Waals surface area contributed by atoms with Crippen LogP contribution in [0.1, 0.15) is 52.6 Å². The number of carbonyl (C=O) groups is 1. The maximum absolute atomic E-state index is 12.3. The lowest BCUT2D eigenvalue weighted by molar-refractivity contribution is 0.0945. The van der Waals surface area contributed by atoms with E-state index >= 15 is 0 Å². The second kappa shape index (κ2) is 10.0. The molecule has 0 saturated heterocycles. The fourth-order valence-electron chi connectivity index (χ4n) is 4.88. The summed E-state index contributed by atoms with van der Waals surface area (Å²) >= 11 is 0. The molecule has 1 amide bonds. The van der Waals surface area contributed by atoms with Gasteiger partial charge in [0.05, 0.1) is 17.4 Å². The molecule has 1 aromatic carbocycles. The molecule has 5 rings (SSSR count). The number of carbonyl (C=O) groups excluding carboxylic acids is 1. The van der Waals surface area contributed by atoms with Gasteiger partial charge in [-0.15, -0.1) is 0 Å². The van der Waals surface area contributed by atoms with Crippen LogP contribution < -0.4 is 5.32 Å². The summed E-state index contributed by atoms with van der Waals surface area (Å²) < 4.78 is 0. The fourth-order valence-corrected chi connectivity index (χ4v) is 4.88. The first-order valence-corrected chi connectivity index (χ1v) is 11.8. The van der Waals surface area contributed by atoms with Crippen LogP contribution in [0, 0.1) is 0 Å². The molecule has 6 heteroatoms. The average Bonchev–Trinajstić information content (AvgIpc) is 3.28. The van der Waals surface area contributed by atoms with E-state index in [-0.39, 0.29) is 11.9 Å². The molecule has 1 unspecified atom stereocenters.